The van der Waals surface area contributed by atoms with Crippen LogP contribution in [0.2, 0.25) is 0 Å². The van der Waals surface area contributed by atoms with E-state index >= 15 is 0 Å². The van der Waals surface area contributed by atoms with Crippen molar-refractivity contribution in [2.75, 3.05) is 13.6 Å². The smallest absolute Gasteiger partial charge is 0.237 e. The molecule has 6 nitrogen and oxygen atoms in total. The number of amides is 1. The highest BCUT2D eigenvalue weighted by Crippen LogP contribution is 2.29. The highest BCUT2D eigenvalue weighted by Gasteiger charge is 2.36. The molecule has 37 heavy (non-hydrogen) atoms. The van der Waals surface area contributed by atoms with Crippen molar-refractivity contribution in [2.24, 2.45) is 11.8 Å². The van der Waals surface area contributed by atoms with E-state index < -0.39 is 6.04 Å². The molecule has 3 rings (SSSR count). The van der Waals surface area contributed by atoms with Crippen molar-refractivity contribution < 1.29 is 9.59 Å². The van der Waals surface area contributed by atoms with E-state index in [0.717, 1.165) is 50.5 Å². The van der Waals surface area contributed by atoms with Gasteiger partial charge >= 0.3 is 0 Å². The summed E-state index contributed by atoms with van der Waals surface area (Å²) >= 11 is 0. The zero-order chi connectivity index (χ0) is 26.6. The van der Waals surface area contributed by atoms with Gasteiger partial charge in [-0.15, -0.1) is 0 Å². The van der Waals surface area contributed by atoms with E-state index in [1.54, 1.807) is 14.0 Å². The van der Waals surface area contributed by atoms with Crippen LogP contribution in [0.5, 0.6) is 0 Å². The number of hydrogen-bond acceptors (Lipinski definition) is 5. The van der Waals surface area contributed by atoms with E-state index in [2.05, 4.69) is 46.9 Å². The summed E-state index contributed by atoms with van der Waals surface area (Å²) in [5.74, 6) is -0.410. The van der Waals surface area contributed by atoms with Gasteiger partial charge in [-0.25, -0.2) is 0 Å². The molecule has 204 valence electrons. The van der Waals surface area contributed by atoms with Gasteiger partial charge in [0.2, 0.25) is 5.91 Å². The van der Waals surface area contributed by atoms with Gasteiger partial charge in [0.15, 0.2) is 5.78 Å². The van der Waals surface area contributed by atoms with Crippen LogP contribution in [0.1, 0.15) is 90.0 Å². The summed E-state index contributed by atoms with van der Waals surface area (Å²) in [5.41, 5.74) is 1.32. The number of nitrogens with one attached hydrogen (secondary N) is 3. The minimum Gasteiger partial charge on any atom is -0.374 e. The minimum atomic E-state index is -0.604. The summed E-state index contributed by atoms with van der Waals surface area (Å²) < 4.78 is 0. The largest absolute Gasteiger partial charge is 0.374 e. The molecule has 1 aromatic carbocycles. The molecule has 0 aliphatic heterocycles. The number of carbonyl (C=O) groups is 2. The fourth-order valence-corrected chi connectivity index (χ4v) is 5.81. The molecule has 1 aromatic rings. The first kappa shape index (κ1) is 29.1. The van der Waals surface area contributed by atoms with Gasteiger partial charge < -0.3 is 20.9 Å². The normalized spacial score (nSPS) is 19.8. The molecule has 6 heteroatoms. The lowest BCUT2D eigenvalue weighted by Crippen LogP contribution is -2.54. The predicted molar refractivity (Wildman–Crippen MR) is 153 cm³/mol. The van der Waals surface area contributed by atoms with Crippen molar-refractivity contribution in [1.82, 2.24) is 15.5 Å². The molecule has 3 N–H and O–H groups in total. The molecule has 2 aliphatic rings. The Morgan fingerprint density at radius 2 is 1.65 bits per heavy atom. The lowest BCUT2D eigenvalue weighted by molar-refractivity contribution is -0.127. The van der Waals surface area contributed by atoms with Crippen molar-refractivity contribution in [3.8, 4) is 0 Å². The third-order valence-corrected chi connectivity index (χ3v) is 8.43. The highest BCUT2D eigenvalue weighted by molar-refractivity contribution is 6.41. The Morgan fingerprint density at radius 3 is 2.24 bits per heavy atom. The molecule has 0 radical (unpaired) electrons. The first-order valence-electron chi connectivity index (χ1n) is 14.5. The van der Waals surface area contributed by atoms with Crippen LogP contribution in [0.15, 0.2) is 36.5 Å². The van der Waals surface area contributed by atoms with Gasteiger partial charge in [-0.3, -0.25) is 9.59 Å². The Balaban J connectivity index is 1.78. The molecule has 0 heterocycles. The van der Waals surface area contributed by atoms with Gasteiger partial charge in [-0.2, -0.15) is 0 Å². The number of benzene rings is 1. The standard InChI is InChI=1S/C31H48N4O2/c1-4-25(22-35(27-18-12-7-13-19-27)21-20-24-14-8-5-9-15-24)28(32)30(36)29(26-16-10-6-11-17-26)34-31(37)23(2)33-3/h5,8-9,14-15,20-21,23,25-27,29,32-33H,4,6-7,10-13,16-19,22H2,1-3H3,(H,34,37)/t23-,25?,29-/m0/s1. The Labute approximate surface area is 224 Å². The zero-order valence-electron chi connectivity index (χ0n) is 23.2. The third-order valence-electron chi connectivity index (χ3n) is 8.43. The number of likely N-dealkylation sites (N-methyl/N-ethyl adjacent to an activating group) is 1. The van der Waals surface area contributed by atoms with Crippen LogP contribution in [-0.4, -0.2) is 54.0 Å². The van der Waals surface area contributed by atoms with Gasteiger partial charge in [0.25, 0.3) is 0 Å². The molecule has 2 saturated carbocycles. The average molecular weight is 509 g/mol. The molecule has 0 spiro atoms. The second-order valence-electron chi connectivity index (χ2n) is 11.0. The van der Waals surface area contributed by atoms with E-state index in [1.807, 2.05) is 18.2 Å². The maximum absolute atomic E-state index is 13.8. The van der Waals surface area contributed by atoms with Crippen LogP contribution in [0.25, 0.3) is 6.08 Å². The second-order valence-corrected chi connectivity index (χ2v) is 11.0. The van der Waals surface area contributed by atoms with E-state index in [9.17, 15) is 9.59 Å². The first-order valence-corrected chi connectivity index (χ1v) is 14.5. The fraction of sp³-hybridized carbons (Fsp3) is 0.645. The molecule has 2 aliphatic carbocycles. The summed E-state index contributed by atoms with van der Waals surface area (Å²) in [5, 5.41) is 15.0. The molecule has 0 bridgehead atoms. The highest BCUT2D eigenvalue weighted by atomic mass is 16.2. The van der Waals surface area contributed by atoms with E-state index in [4.69, 9.17) is 5.41 Å². The number of nitrogens with zero attached hydrogens (tertiary/aromatic N) is 1. The van der Waals surface area contributed by atoms with Crippen molar-refractivity contribution >= 4 is 23.5 Å². The van der Waals surface area contributed by atoms with Crippen molar-refractivity contribution in [1.29, 1.82) is 5.41 Å². The van der Waals surface area contributed by atoms with Crippen molar-refractivity contribution in [3.05, 3.63) is 42.1 Å². The Hall–Kier alpha value is -2.47. The molecule has 0 aromatic heterocycles. The quantitative estimate of drug-likeness (QED) is 0.304. The van der Waals surface area contributed by atoms with Gasteiger partial charge in [-0.1, -0.05) is 75.8 Å². The SMILES string of the molecule is CCC(CN(C=Cc1ccccc1)C1CCCCC1)C(=N)C(=O)[C@@H](NC(=O)[C@H](C)NC)C1CCCCC1. The Bertz CT molecular complexity index is 888. The van der Waals surface area contributed by atoms with Gasteiger partial charge in [-0.05, 0) is 69.8 Å². The zero-order valence-corrected chi connectivity index (χ0v) is 23.2. The van der Waals surface area contributed by atoms with Crippen molar-refractivity contribution in [3.63, 3.8) is 0 Å². The number of Topliss-reactive ketones (excluding diaryl/α,β-unsaturated/α-hetero) is 1. The summed E-state index contributed by atoms with van der Waals surface area (Å²) in [4.78, 5) is 29.0. The lowest BCUT2D eigenvalue weighted by atomic mass is 9.79. The Morgan fingerprint density at radius 1 is 1.03 bits per heavy atom. The van der Waals surface area contributed by atoms with Crippen LogP contribution >= 0.6 is 0 Å². The maximum atomic E-state index is 13.8. The van der Waals surface area contributed by atoms with Crippen LogP contribution < -0.4 is 10.6 Å². The molecule has 3 atom stereocenters. The summed E-state index contributed by atoms with van der Waals surface area (Å²) in [6.07, 6.45) is 16.3. The van der Waals surface area contributed by atoms with Crippen LogP contribution in [0, 0.1) is 17.2 Å². The number of carbonyl (C=O) groups excluding carboxylic acids is 2. The maximum Gasteiger partial charge on any atom is 0.237 e. The Kier molecular flexibility index (Phi) is 11.8. The van der Waals surface area contributed by atoms with E-state index in [-0.39, 0.29) is 35.3 Å². The van der Waals surface area contributed by atoms with Crippen LogP contribution in [-0.2, 0) is 9.59 Å². The summed E-state index contributed by atoms with van der Waals surface area (Å²) in [6.45, 7) is 4.54. The van der Waals surface area contributed by atoms with E-state index in [1.165, 1.54) is 25.7 Å². The monoisotopic (exact) mass is 508 g/mol. The second kappa shape index (κ2) is 15.1. The first-order chi connectivity index (χ1) is 17.9. The number of hydrogen-bond donors (Lipinski definition) is 3. The molecular weight excluding hydrogens is 460 g/mol. The van der Waals surface area contributed by atoms with Gasteiger partial charge in [0.1, 0.15) is 0 Å². The summed E-state index contributed by atoms with van der Waals surface area (Å²) in [7, 11) is 1.75. The number of rotatable bonds is 13. The fourth-order valence-electron chi connectivity index (χ4n) is 5.81. The third kappa shape index (κ3) is 8.53. The molecule has 2 fully saturated rings. The van der Waals surface area contributed by atoms with Crippen LogP contribution in [0.4, 0.5) is 0 Å². The topological polar surface area (TPSA) is 85.3 Å². The number of ketones is 1. The molecular formula is C31H48N4O2. The van der Waals surface area contributed by atoms with E-state index in [0.29, 0.717) is 12.6 Å². The minimum absolute atomic E-state index is 0.111. The lowest BCUT2D eigenvalue weighted by Gasteiger charge is -2.37. The van der Waals surface area contributed by atoms with Crippen LogP contribution in [0.3, 0.4) is 0 Å². The average Bonchev–Trinajstić information content (AvgIpc) is 2.96. The molecule has 0 saturated heterocycles. The van der Waals surface area contributed by atoms with Gasteiger partial charge in [0.05, 0.1) is 17.8 Å². The van der Waals surface area contributed by atoms with Crippen molar-refractivity contribution in [2.45, 2.75) is 103 Å². The van der Waals surface area contributed by atoms with Gasteiger partial charge in [0, 0.05) is 18.5 Å². The molecule has 1 unspecified atom stereocenters. The predicted octanol–water partition coefficient (Wildman–Crippen LogP) is 5.58. The molecule has 1 amide bonds. The summed E-state index contributed by atoms with van der Waals surface area (Å²) in [6, 6.07) is 9.77.